The van der Waals surface area contributed by atoms with Crippen molar-refractivity contribution >= 4 is 28.6 Å². The fraction of sp³-hybridized carbons (Fsp3) is 0.458. The van der Waals surface area contributed by atoms with E-state index >= 15 is 0 Å². The summed E-state index contributed by atoms with van der Waals surface area (Å²) in [5, 5.41) is 5.35. The van der Waals surface area contributed by atoms with Gasteiger partial charge < -0.3 is 10.2 Å². The number of benzene rings is 2. The molecule has 0 atom stereocenters. The smallest absolute Gasteiger partial charge is 0.325 e. The lowest BCUT2D eigenvalue weighted by atomic mass is 9.98. The van der Waals surface area contributed by atoms with Crippen LogP contribution in [0.1, 0.15) is 31.2 Å². The molecule has 2 saturated heterocycles. The van der Waals surface area contributed by atoms with Crippen LogP contribution < -0.4 is 5.32 Å². The van der Waals surface area contributed by atoms with Crippen LogP contribution in [-0.2, 0) is 16.1 Å². The van der Waals surface area contributed by atoms with Gasteiger partial charge in [-0.3, -0.25) is 19.4 Å². The van der Waals surface area contributed by atoms with Gasteiger partial charge in [-0.2, -0.15) is 0 Å². The molecule has 1 N–H and O–H groups in total. The Kier molecular flexibility index (Phi) is 5.14. The molecule has 2 aliphatic heterocycles. The second kappa shape index (κ2) is 7.96. The first-order valence-corrected chi connectivity index (χ1v) is 11.2. The molecule has 2 aromatic rings. The highest BCUT2D eigenvalue weighted by Crippen LogP contribution is 2.35. The van der Waals surface area contributed by atoms with Gasteiger partial charge in [0.15, 0.2) is 0 Å². The first kappa shape index (κ1) is 20.0. The van der Waals surface area contributed by atoms with E-state index in [2.05, 4.69) is 52.7 Å². The molecule has 0 bridgehead atoms. The summed E-state index contributed by atoms with van der Waals surface area (Å²) in [4.78, 5) is 43.2. The molecule has 4 amide bonds. The van der Waals surface area contributed by atoms with E-state index in [-0.39, 0.29) is 18.4 Å². The minimum absolute atomic E-state index is 0.150. The lowest BCUT2D eigenvalue weighted by Crippen LogP contribution is -2.52. The number of piperazine rings is 1. The van der Waals surface area contributed by atoms with E-state index in [0.717, 1.165) is 37.4 Å². The van der Waals surface area contributed by atoms with Crippen molar-refractivity contribution < 1.29 is 14.4 Å². The number of amides is 4. The van der Waals surface area contributed by atoms with Gasteiger partial charge in [0, 0.05) is 32.7 Å². The molecule has 3 fully saturated rings. The fourth-order valence-electron chi connectivity index (χ4n) is 5.20. The summed E-state index contributed by atoms with van der Waals surface area (Å²) >= 11 is 0. The van der Waals surface area contributed by atoms with Gasteiger partial charge in [0.25, 0.3) is 5.91 Å². The van der Waals surface area contributed by atoms with Gasteiger partial charge in [0.1, 0.15) is 12.1 Å². The van der Waals surface area contributed by atoms with Crippen molar-refractivity contribution in [3.63, 3.8) is 0 Å². The van der Waals surface area contributed by atoms with Crippen LogP contribution in [-0.4, -0.2) is 70.8 Å². The van der Waals surface area contributed by atoms with Gasteiger partial charge in [-0.1, -0.05) is 55.3 Å². The van der Waals surface area contributed by atoms with Crippen molar-refractivity contribution in [3.8, 4) is 0 Å². The molecule has 2 heterocycles. The number of hydrogen-bond donors (Lipinski definition) is 1. The number of hydrogen-bond acceptors (Lipinski definition) is 4. The molecule has 0 aromatic heterocycles. The minimum atomic E-state index is -0.755. The zero-order valence-electron chi connectivity index (χ0n) is 17.7. The summed E-state index contributed by atoms with van der Waals surface area (Å²) < 4.78 is 0. The molecule has 1 aliphatic carbocycles. The third kappa shape index (κ3) is 3.67. The van der Waals surface area contributed by atoms with Crippen LogP contribution in [0.5, 0.6) is 0 Å². The second-order valence-electron chi connectivity index (χ2n) is 8.91. The van der Waals surface area contributed by atoms with Crippen LogP contribution in [0, 0.1) is 0 Å². The lowest BCUT2D eigenvalue weighted by molar-refractivity contribution is -0.140. The lowest BCUT2D eigenvalue weighted by Gasteiger charge is -2.35. The largest absolute Gasteiger partial charge is 0.339 e. The molecule has 162 valence electrons. The van der Waals surface area contributed by atoms with Crippen molar-refractivity contribution in [1.29, 1.82) is 0 Å². The number of imide groups is 1. The van der Waals surface area contributed by atoms with Crippen molar-refractivity contribution in [2.24, 2.45) is 0 Å². The van der Waals surface area contributed by atoms with Gasteiger partial charge in [-0.25, -0.2) is 4.79 Å². The first-order chi connectivity index (χ1) is 15.1. The van der Waals surface area contributed by atoms with Crippen molar-refractivity contribution in [3.05, 3.63) is 48.0 Å². The number of carbonyl (C=O) groups is 3. The highest BCUT2D eigenvalue weighted by atomic mass is 16.2. The molecular weight excluding hydrogens is 392 g/mol. The average Bonchev–Trinajstić information content (AvgIpc) is 3.35. The Hall–Kier alpha value is -2.93. The zero-order valence-corrected chi connectivity index (χ0v) is 17.7. The number of nitrogens with one attached hydrogen (secondary N) is 1. The van der Waals surface area contributed by atoms with Crippen LogP contribution in [0.25, 0.3) is 10.8 Å². The normalized spacial score (nSPS) is 21.3. The Labute approximate surface area is 182 Å². The van der Waals surface area contributed by atoms with Crippen LogP contribution in [0.4, 0.5) is 4.79 Å². The van der Waals surface area contributed by atoms with Crippen LogP contribution in [0.15, 0.2) is 42.5 Å². The summed E-state index contributed by atoms with van der Waals surface area (Å²) in [5.74, 6) is -0.374. The summed E-state index contributed by atoms with van der Waals surface area (Å²) in [6.45, 7) is 3.46. The Morgan fingerprint density at radius 1 is 0.935 bits per heavy atom. The number of fused-ring (bicyclic) bond motifs is 1. The molecule has 3 aliphatic rings. The number of nitrogens with zero attached hydrogens (tertiary/aromatic N) is 3. The van der Waals surface area contributed by atoms with Crippen molar-refractivity contribution in [2.75, 3.05) is 32.7 Å². The fourth-order valence-corrected chi connectivity index (χ4v) is 5.20. The van der Waals surface area contributed by atoms with E-state index < -0.39 is 11.6 Å². The van der Waals surface area contributed by atoms with E-state index in [1.54, 1.807) is 4.90 Å². The maximum Gasteiger partial charge on any atom is 0.325 e. The van der Waals surface area contributed by atoms with Gasteiger partial charge in [-0.15, -0.1) is 0 Å². The number of carbonyl (C=O) groups excluding carboxylic acids is 3. The molecular formula is C24H28N4O3. The standard InChI is InChI=1S/C24H28N4O3/c29-21(17-28-22(30)24(25-23(28)31)10-3-4-11-24)27-14-12-26(13-15-27)16-19-8-5-7-18-6-1-2-9-20(18)19/h1-2,5-9H,3-4,10-17H2,(H,25,31). The first-order valence-electron chi connectivity index (χ1n) is 11.2. The highest BCUT2D eigenvalue weighted by molar-refractivity contribution is 6.09. The second-order valence-corrected chi connectivity index (χ2v) is 8.91. The van der Waals surface area contributed by atoms with Crippen molar-refractivity contribution in [1.82, 2.24) is 20.0 Å². The predicted molar refractivity (Wildman–Crippen MR) is 117 cm³/mol. The zero-order chi connectivity index (χ0) is 21.4. The minimum Gasteiger partial charge on any atom is -0.339 e. The van der Waals surface area contributed by atoms with E-state index in [1.165, 1.54) is 16.3 Å². The molecule has 31 heavy (non-hydrogen) atoms. The van der Waals surface area contributed by atoms with Crippen LogP contribution >= 0.6 is 0 Å². The number of rotatable bonds is 4. The molecule has 0 radical (unpaired) electrons. The molecule has 5 rings (SSSR count). The third-order valence-corrected chi connectivity index (χ3v) is 7.00. The van der Waals surface area contributed by atoms with E-state index in [0.29, 0.717) is 25.9 Å². The summed E-state index contributed by atoms with van der Waals surface area (Å²) in [6, 6.07) is 14.4. The Bertz CT molecular complexity index is 1020. The average molecular weight is 421 g/mol. The van der Waals surface area contributed by atoms with E-state index in [9.17, 15) is 14.4 Å². The van der Waals surface area contributed by atoms with Gasteiger partial charge in [0.2, 0.25) is 5.91 Å². The highest BCUT2D eigenvalue weighted by Gasteiger charge is 2.52. The molecule has 7 heteroatoms. The maximum atomic E-state index is 12.8. The summed E-state index contributed by atoms with van der Waals surface area (Å²) in [6.07, 6.45) is 3.23. The maximum absolute atomic E-state index is 12.8. The van der Waals surface area contributed by atoms with Crippen molar-refractivity contribution in [2.45, 2.75) is 37.8 Å². The summed E-state index contributed by atoms with van der Waals surface area (Å²) in [7, 11) is 0. The molecule has 0 unspecified atom stereocenters. The molecule has 1 spiro atoms. The Morgan fingerprint density at radius 3 is 2.42 bits per heavy atom. The van der Waals surface area contributed by atoms with Gasteiger partial charge in [-0.05, 0) is 29.2 Å². The Morgan fingerprint density at radius 2 is 1.65 bits per heavy atom. The third-order valence-electron chi connectivity index (χ3n) is 7.00. The predicted octanol–water partition coefficient (Wildman–Crippen LogP) is 2.35. The summed E-state index contributed by atoms with van der Waals surface area (Å²) in [5.41, 5.74) is 0.535. The Balaban J connectivity index is 1.17. The molecule has 1 saturated carbocycles. The van der Waals surface area contributed by atoms with E-state index in [1.807, 2.05) is 0 Å². The number of urea groups is 1. The molecule has 2 aromatic carbocycles. The molecule has 7 nitrogen and oxygen atoms in total. The van der Waals surface area contributed by atoms with Crippen LogP contribution in [0.3, 0.4) is 0 Å². The monoisotopic (exact) mass is 420 g/mol. The quantitative estimate of drug-likeness (QED) is 0.771. The van der Waals surface area contributed by atoms with Gasteiger partial charge >= 0.3 is 6.03 Å². The van der Waals surface area contributed by atoms with Gasteiger partial charge in [0.05, 0.1) is 0 Å². The SMILES string of the molecule is O=C(CN1C(=O)NC2(CCCC2)C1=O)N1CCN(Cc2cccc3ccccc23)CC1. The van der Waals surface area contributed by atoms with E-state index in [4.69, 9.17) is 0 Å². The topological polar surface area (TPSA) is 73.0 Å². The van der Waals surface area contributed by atoms with Crippen LogP contribution in [0.2, 0.25) is 0 Å².